The van der Waals surface area contributed by atoms with Gasteiger partial charge in [0.1, 0.15) is 17.0 Å². The Morgan fingerprint density at radius 2 is 2.24 bits per heavy atom. The molecule has 1 aliphatic rings. The van der Waals surface area contributed by atoms with Gasteiger partial charge < -0.3 is 0 Å². The van der Waals surface area contributed by atoms with Crippen LogP contribution in [0.25, 0.3) is 21.6 Å². The van der Waals surface area contributed by atoms with Gasteiger partial charge in [-0.1, -0.05) is 6.92 Å². The Bertz CT molecular complexity index is 1010. The second kappa shape index (κ2) is 3.79. The monoisotopic (exact) mass is 298 g/mol. The Labute approximate surface area is 124 Å². The van der Waals surface area contributed by atoms with E-state index >= 15 is 0 Å². The molecule has 0 aliphatic heterocycles. The lowest BCUT2D eigenvalue weighted by Crippen LogP contribution is -2.09. The van der Waals surface area contributed by atoms with E-state index in [1.54, 1.807) is 6.33 Å². The van der Waals surface area contributed by atoms with Crippen molar-refractivity contribution >= 4 is 33.0 Å². The van der Waals surface area contributed by atoms with E-state index in [9.17, 15) is 0 Å². The zero-order valence-electron chi connectivity index (χ0n) is 11.9. The fraction of sp³-hybridized carbons (Fsp3) is 0.429. The van der Waals surface area contributed by atoms with Crippen LogP contribution in [0.3, 0.4) is 0 Å². The smallest absolute Gasteiger partial charge is 0.253 e. The van der Waals surface area contributed by atoms with Crippen LogP contribution < -0.4 is 0 Å². The molecule has 5 rings (SSSR count). The molecule has 0 unspecified atom stereocenters. The largest absolute Gasteiger partial charge is 0.259 e. The van der Waals surface area contributed by atoms with Gasteiger partial charge in [0.2, 0.25) is 0 Å². The third kappa shape index (κ3) is 1.37. The molecule has 6 nitrogen and oxygen atoms in total. The molecule has 106 valence electrons. The summed E-state index contributed by atoms with van der Waals surface area (Å²) in [7, 11) is 0. The quantitative estimate of drug-likeness (QED) is 0.500. The van der Waals surface area contributed by atoms with Crippen LogP contribution in [0.5, 0.6) is 0 Å². The van der Waals surface area contributed by atoms with Gasteiger partial charge in [-0.15, -0.1) is 21.5 Å². The van der Waals surface area contributed by atoms with Gasteiger partial charge in [0.05, 0.1) is 5.39 Å². The summed E-state index contributed by atoms with van der Waals surface area (Å²) < 4.78 is 3.93. The van der Waals surface area contributed by atoms with Crippen molar-refractivity contribution < 1.29 is 0 Å². The van der Waals surface area contributed by atoms with E-state index in [4.69, 9.17) is 0 Å². The normalized spacial score (nSPS) is 18.9. The topological polar surface area (TPSA) is 60.4 Å². The fourth-order valence-corrected chi connectivity index (χ4v) is 4.80. The van der Waals surface area contributed by atoms with Crippen LogP contribution in [-0.2, 0) is 12.8 Å². The van der Waals surface area contributed by atoms with Gasteiger partial charge in [-0.05, 0) is 37.7 Å². The van der Waals surface area contributed by atoms with Gasteiger partial charge in [0, 0.05) is 4.88 Å². The summed E-state index contributed by atoms with van der Waals surface area (Å²) in [5.41, 5.74) is 2.37. The summed E-state index contributed by atoms with van der Waals surface area (Å²) >= 11 is 1.87. The maximum Gasteiger partial charge on any atom is 0.259 e. The Morgan fingerprint density at radius 1 is 1.33 bits per heavy atom. The third-order valence-electron chi connectivity index (χ3n) is 4.46. The third-order valence-corrected chi connectivity index (χ3v) is 5.74. The van der Waals surface area contributed by atoms with Crippen molar-refractivity contribution in [2.24, 2.45) is 5.92 Å². The number of hydrogen-bond donors (Lipinski definition) is 0. The molecule has 4 heterocycles. The number of hydrogen-bond acceptors (Lipinski definition) is 5. The molecule has 0 amide bonds. The molecule has 1 aliphatic carbocycles. The molecule has 1 atom stereocenters. The first-order chi connectivity index (χ1) is 10.2. The minimum atomic E-state index is 0.732. The number of aromatic nitrogens is 6. The molecule has 0 spiro atoms. The fourth-order valence-electron chi connectivity index (χ4n) is 3.42. The number of nitrogens with zero attached hydrogens (tertiary/aromatic N) is 6. The van der Waals surface area contributed by atoms with Crippen molar-refractivity contribution in [1.82, 2.24) is 29.2 Å². The van der Waals surface area contributed by atoms with Gasteiger partial charge in [-0.3, -0.25) is 4.40 Å². The number of aryl methyl sites for hydroxylation is 2. The highest BCUT2D eigenvalue weighted by molar-refractivity contribution is 7.19. The van der Waals surface area contributed by atoms with E-state index in [2.05, 4.69) is 31.6 Å². The summed E-state index contributed by atoms with van der Waals surface area (Å²) in [6.07, 6.45) is 5.17. The van der Waals surface area contributed by atoms with Crippen LogP contribution in [-0.4, -0.2) is 29.2 Å². The highest BCUT2D eigenvalue weighted by Crippen LogP contribution is 2.40. The first kappa shape index (κ1) is 11.6. The molecule has 4 aromatic heterocycles. The Kier molecular flexibility index (Phi) is 2.10. The number of fused-ring (bicyclic) bond motifs is 8. The Morgan fingerprint density at radius 3 is 3.14 bits per heavy atom. The molecule has 7 heteroatoms. The van der Waals surface area contributed by atoms with Crippen LogP contribution in [0.2, 0.25) is 0 Å². The summed E-state index contributed by atoms with van der Waals surface area (Å²) in [5.74, 6) is 2.38. The van der Waals surface area contributed by atoms with E-state index < -0.39 is 0 Å². The van der Waals surface area contributed by atoms with Gasteiger partial charge in [0.15, 0.2) is 5.65 Å². The minimum absolute atomic E-state index is 0.732. The van der Waals surface area contributed by atoms with Crippen molar-refractivity contribution in [3.05, 3.63) is 22.6 Å². The molecule has 0 saturated heterocycles. The molecule has 0 fully saturated rings. The molecule has 21 heavy (non-hydrogen) atoms. The lowest BCUT2D eigenvalue weighted by Gasteiger charge is -2.17. The maximum atomic E-state index is 4.49. The zero-order valence-corrected chi connectivity index (χ0v) is 12.7. The number of rotatable bonds is 0. The summed E-state index contributed by atoms with van der Waals surface area (Å²) in [6, 6.07) is 0. The van der Waals surface area contributed by atoms with E-state index in [1.807, 2.05) is 22.8 Å². The van der Waals surface area contributed by atoms with E-state index in [1.165, 1.54) is 33.5 Å². The molecule has 0 bridgehead atoms. The average Bonchev–Trinajstić information content (AvgIpc) is 3.13. The standard InChI is InChI=1S/C14H14N6S/c1-7-3-4-10-9(5-7)11-12-15-6-16-20(12)14-18-17-8(2)19(14)13(11)21-10/h6-7H,3-5H2,1-2H3/t7-/m1/s1. The molecule has 0 aromatic carbocycles. The van der Waals surface area contributed by atoms with E-state index in [-0.39, 0.29) is 0 Å². The maximum absolute atomic E-state index is 4.49. The van der Waals surface area contributed by atoms with Crippen LogP contribution >= 0.6 is 11.3 Å². The van der Waals surface area contributed by atoms with E-state index in [0.29, 0.717) is 0 Å². The Balaban J connectivity index is 2.08. The average molecular weight is 298 g/mol. The molecular weight excluding hydrogens is 284 g/mol. The van der Waals surface area contributed by atoms with Crippen LogP contribution in [0.15, 0.2) is 6.33 Å². The van der Waals surface area contributed by atoms with Crippen LogP contribution in [0.4, 0.5) is 0 Å². The first-order valence-electron chi connectivity index (χ1n) is 7.21. The predicted octanol–water partition coefficient (Wildman–Crippen LogP) is 2.42. The van der Waals surface area contributed by atoms with Crippen molar-refractivity contribution in [3.8, 4) is 0 Å². The lowest BCUT2D eigenvalue weighted by atomic mass is 9.89. The van der Waals surface area contributed by atoms with Crippen molar-refractivity contribution in [1.29, 1.82) is 0 Å². The van der Waals surface area contributed by atoms with E-state index in [0.717, 1.165) is 29.6 Å². The van der Waals surface area contributed by atoms with Gasteiger partial charge >= 0.3 is 0 Å². The second-order valence-electron chi connectivity index (χ2n) is 5.91. The van der Waals surface area contributed by atoms with Crippen molar-refractivity contribution in [2.75, 3.05) is 0 Å². The molecule has 0 saturated carbocycles. The molecule has 0 N–H and O–H groups in total. The van der Waals surface area contributed by atoms with Crippen molar-refractivity contribution in [3.63, 3.8) is 0 Å². The van der Waals surface area contributed by atoms with Gasteiger partial charge in [-0.25, -0.2) is 4.98 Å². The SMILES string of the molecule is Cc1nnc2n3ncnc3c3c4c(sc3n12)CC[C@@H](C)C4. The minimum Gasteiger partial charge on any atom is -0.253 e. The van der Waals surface area contributed by atoms with Gasteiger partial charge in [0.25, 0.3) is 5.78 Å². The Hall–Kier alpha value is -2.02. The van der Waals surface area contributed by atoms with Crippen LogP contribution in [0.1, 0.15) is 29.6 Å². The predicted molar refractivity (Wildman–Crippen MR) is 80.8 cm³/mol. The highest BCUT2D eigenvalue weighted by Gasteiger charge is 2.25. The summed E-state index contributed by atoms with van der Waals surface area (Å²) in [6.45, 7) is 4.32. The van der Waals surface area contributed by atoms with Gasteiger partial charge in [-0.2, -0.15) is 9.61 Å². The lowest BCUT2D eigenvalue weighted by molar-refractivity contribution is 0.508. The highest BCUT2D eigenvalue weighted by atomic mass is 32.1. The summed E-state index contributed by atoms with van der Waals surface area (Å²) in [4.78, 5) is 7.20. The van der Waals surface area contributed by atoms with Crippen molar-refractivity contribution in [2.45, 2.75) is 33.1 Å². The second-order valence-corrected chi connectivity index (χ2v) is 6.99. The molecule has 4 aromatic rings. The first-order valence-corrected chi connectivity index (χ1v) is 8.03. The number of thiophene rings is 1. The van der Waals surface area contributed by atoms with Crippen LogP contribution in [0, 0.1) is 12.8 Å². The molecular formula is C14H14N6S. The zero-order chi connectivity index (χ0) is 14.1. The molecule has 0 radical (unpaired) electrons. The summed E-state index contributed by atoms with van der Waals surface area (Å²) in [5, 5.41) is 14.1.